The van der Waals surface area contributed by atoms with Gasteiger partial charge in [0.05, 0.1) is 0 Å². The molecule has 0 atom stereocenters. The normalized spacial score (nSPS) is 19.9. The standard InChI is InChI=1S/C28H32N2O5/c31-24(29-28(25(32)33)16-8-9-17-28)27(14-6-1-7-15-27)30-26(34)35-18-23-21-12-4-2-10-19(21)20-11-3-5-13-22(20)23/h2-5,10-13,23H,1,6-9,14-18H2,(H,29,31)(H,30,34)(H,32,33). The Hall–Kier alpha value is -3.35. The molecule has 3 aliphatic carbocycles. The molecular formula is C28H32N2O5. The van der Waals surface area contributed by atoms with Crippen LogP contribution in [-0.2, 0) is 14.3 Å². The highest BCUT2D eigenvalue weighted by Gasteiger charge is 2.49. The molecule has 0 bridgehead atoms. The average Bonchev–Trinajstić information content (AvgIpc) is 3.47. The highest BCUT2D eigenvalue weighted by molar-refractivity contribution is 5.94. The number of carboxylic acids is 1. The Labute approximate surface area is 205 Å². The first kappa shape index (κ1) is 23.4. The topological polar surface area (TPSA) is 105 Å². The van der Waals surface area contributed by atoms with Gasteiger partial charge >= 0.3 is 12.1 Å². The first-order valence-corrected chi connectivity index (χ1v) is 12.6. The molecule has 2 aromatic rings. The van der Waals surface area contributed by atoms with Crippen molar-refractivity contribution in [2.45, 2.75) is 74.8 Å². The number of carboxylic acid groups (broad SMARTS) is 1. The maximum atomic E-state index is 13.5. The molecule has 2 fully saturated rings. The monoisotopic (exact) mass is 476 g/mol. The smallest absolute Gasteiger partial charge is 0.408 e. The molecule has 184 valence electrons. The second-order valence-corrected chi connectivity index (χ2v) is 10.1. The molecule has 2 amide bonds. The number of hydrogen-bond donors (Lipinski definition) is 3. The molecule has 3 N–H and O–H groups in total. The number of carbonyl (C=O) groups excluding carboxylic acids is 2. The third-order valence-corrected chi connectivity index (χ3v) is 8.05. The van der Waals surface area contributed by atoms with Gasteiger partial charge in [0.25, 0.3) is 0 Å². The molecular weight excluding hydrogens is 444 g/mol. The van der Waals surface area contributed by atoms with Crippen molar-refractivity contribution in [3.05, 3.63) is 59.7 Å². The van der Waals surface area contributed by atoms with Gasteiger partial charge in [0.15, 0.2) is 0 Å². The van der Waals surface area contributed by atoms with E-state index < -0.39 is 29.0 Å². The number of amides is 2. The third kappa shape index (κ3) is 4.28. The number of carbonyl (C=O) groups is 3. The summed E-state index contributed by atoms with van der Waals surface area (Å²) in [6, 6.07) is 16.3. The van der Waals surface area contributed by atoms with Crippen LogP contribution < -0.4 is 10.6 Å². The summed E-state index contributed by atoms with van der Waals surface area (Å²) in [6.07, 6.45) is 5.21. The Bertz CT molecular complexity index is 1090. The molecule has 2 saturated carbocycles. The van der Waals surface area contributed by atoms with E-state index >= 15 is 0 Å². The van der Waals surface area contributed by atoms with E-state index in [4.69, 9.17) is 4.74 Å². The predicted molar refractivity (Wildman–Crippen MR) is 131 cm³/mol. The zero-order valence-corrected chi connectivity index (χ0v) is 19.8. The van der Waals surface area contributed by atoms with Gasteiger partial charge in [0.1, 0.15) is 17.7 Å². The first-order valence-electron chi connectivity index (χ1n) is 12.6. The van der Waals surface area contributed by atoms with Gasteiger partial charge in [-0.05, 0) is 47.9 Å². The molecule has 0 saturated heterocycles. The van der Waals surface area contributed by atoms with Crippen LogP contribution in [0.4, 0.5) is 4.79 Å². The SMILES string of the molecule is O=C(NC1(C(=O)NC2(C(=O)O)CCCC2)CCCCC1)OCC1c2ccccc2-c2ccccc21. The number of rotatable bonds is 6. The van der Waals surface area contributed by atoms with E-state index in [9.17, 15) is 19.5 Å². The number of ether oxygens (including phenoxy) is 1. The van der Waals surface area contributed by atoms with Gasteiger partial charge in [-0.25, -0.2) is 9.59 Å². The Morgan fingerprint density at radius 1 is 0.771 bits per heavy atom. The van der Waals surface area contributed by atoms with E-state index in [2.05, 4.69) is 34.9 Å². The number of benzene rings is 2. The second-order valence-electron chi connectivity index (χ2n) is 10.1. The number of alkyl carbamates (subject to hydrolysis) is 1. The summed E-state index contributed by atoms with van der Waals surface area (Å²) in [5.41, 5.74) is 2.15. The highest BCUT2D eigenvalue weighted by atomic mass is 16.5. The predicted octanol–water partition coefficient (Wildman–Crippen LogP) is 4.74. The lowest BCUT2D eigenvalue weighted by molar-refractivity contribution is -0.148. The minimum Gasteiger partial charge on any atom is -0.480 e. The van der Waals surface area contributed by atoms with Crippen LogP contribution in [-0.4, -0.2) is 40.8 Å². The number of aliphatic carboxylic acids is 1. The summed E-state index contributed by atoms with van der Waals surface area (Å²) in [5, 5.41) is 15.5. The molecule has 35 heavy (non-hydrogen) atoms. The summed E-state index contributed by atoms with van der Waals surface area (Å²) < 4.78 is 5.71. The van der Waals surface area contributed by atoms with Gasteiger partial charge in [0.2, 0.25) is 5.91 Å². The summed E-state index contributed by atoms with van der Waals surface area (Å²) in [6.45, 7) is 0.163. The summed E-state index contributed by atoms with van der Waals surface area (Å²) in [4.78, 5) is 38.5. The molecule has 0 unspecified atom stereocenters. The minimum absolute atomic E-state index is 0.0712. The Kier molecular flexibility index (Phi) is 6.26. The van der Waals surface area contributed by atoms with Crippen LogP contribution >= 0.6 is 0 Å². The molecule has 0 aliphatic heterocycles. The fourth-order valence-corrected chi connectivity index (χ4v) is 6.10. The zero-order valence-electron chi connectivity index (χ0n) is 19.8. The van der Waals surface area contributed by atoms with Crippen LogP contribution in [0.25, 0.3) is 11.1 Å². The largest absolute Gasteiger partial charge is 0.480 e. The van der Waals surface area contributed by atoms with Crippen molar-refractivity contribution in [1.82, 2.24) is 10.6 Å². The minimum atomic E-state index is -1.25. The molecule has 2 aromatic carbocycles. The van der Waals surface area contributed by atoms with E-state index in [0.29, 0.717) is 25.7 Å². The fraction of sp³-hybridized carbons (Fsp3) is 0.464. The first-order chi connectivity index (χ1) is 16.9. The van der Waals surface area contributed by atoms with Crippen LogP contribution in [0.1, 0.15) is 74.8 Å². The molecule has 3 aliphatic rings. The number of fused-ring (bicyclic) bond motifs is 3. The van der Waals surface area contributed by atoms with Crippen molar-refractivity contribution in [3.63, 3.8) is 0 Å². The van der Waals surface area contributed by atoms with E-state index in [1.165, 1.54) is 0 Å². The molecule has 0 spiro atoms. The summed E-state index contributed by atoms with van der Waals surface area (Å²) >= 11 is 0. The summed E-state index contributed by atoms with van der Waals surface area (Å²) in [5.74, 6) is -1.48. The quantitative estimate of drug-likeness (QED) is 0.559. The van der Waals surface area contributed by atoms with Crippen molar-refractivity contribution >= 4 is 18.0 Å². The van der Waals surface area contributed by atoms with E-state index in [0.717, 1.165) is 54.4 Å². The van der Waals surface area contributed by atoms with Gasteiger partial charge < -0.3 is 20.5 Å². The van der Waals surface area contributed by atoms with Crippen molar-refractivity contribution < 1.29 is 24.2 Å². The molecule has 0 aromatic heterocycles. The molecule has 7 heteroatoms. The summed E-state index contributed by atoms with van der Waals surface area (Å²) in [7, 11) is 0. The second kappa shape index (κ2) is 9.36. The highest BCUT2D eigenvalue weighted by Crippen LogP contribution is 2.44. The Balaban J connectivity index is 1.30. The van der Waals surface area contributed by atoms with Crippen molar-refractivity contribution in [2.75, 3.05) is 6.61 Å². The van der Waals surface area contributed by atoms with Crippen molar-refractivity contribution in [2.24, 2.45) is 0 Å². The van der Waals surface area contributed by atoms with Gasteiger partial charge in [-0.3, -0.25) is 4.79 Å². The van der Waals surface area contributed by atoms with Crippen LogP contribution in [0.2, 0.25) is 0 Å². The van der Waals surface area contributed by atoms with Crippen molar-refractivity contribution in [1.29, 1.82) is 0 Å². The third-order valence-electron chi connectivity index (χ3n) is 8.05. The molecule has 5 rings (SSSR count). The Morgan fingerprint density at radius 2 is 1.29 bits per heavy atom. The van der Waals surface area contributed by atoms with Crippen LogP contribution in [0.5, 0.6) is 0 Å². The lowest BCUT2D eigenvalue weighted by Crippen LogP contribution is -2.65. The lowest BCUT2D eigenvalue weighted by Gasteiger charge is -2.39. The van der Waals surface area contributed by atoms with Gasteiger partial charge in [0, 0.05) is 5.92 Å². The molecule has 0 radical (unpaired) electrons. The molecule has 7 nitrogen and oxygen atoms in total. The van der Waals surface area contributed by atoms with E-state index in [1.54, 1.807) is 0 Å². The average molecular weight is 477 g/mol. The van der Waals surface area contributed by atoms with Crippen LogP contribution in [0, 0.1) is 0 Å². The van der Waals surface area contributed by atoms with Gasteiger partial charge in [-0.2, -0.15) is 0 Å². The molecule has 0 heterocycles. The number of hydrogen-bond acceptors (Lipinski definition) is 4. The van der Waals surface area contributed by atoms with Crippen LogP contribution in [0.15, 0.2) is 48.5 Å². The van der Waals surface area contributed by atoms with Gasteiger partial charge in [-0.15, -0.1) is 0 Å². The van der Waals surface area contributed by atoms with E-state index in [1.807, 2.05) is 24.3 Å². The zero-order chi connectivity index (χ0) is 24.5. The van der Waals surface area contributed by atoms with E-state index in [-0.39, 0.29) is 12.5 Å². The maximum absolute atomic E-state index is 13.5. The maximum Gasteiger partial charge on any atom is 0.408 e. The lowest BCUT2D eigenvalue weighted by atomic mass is 9.80. The fourth-order valence-electron chi connectivity index (χ4n) is 6.10. The van der Waals surface area contributed by atoms with Crippen molar-refractivity contribution in [3.8, 4) is 11.1 Å². The number of nitrogens with one attached hydrogen (secondary N) is 2. The Morgan fingerprint density at radius 3 is 1.86 bits per heavy atom. The van der Waals surface area contributed by atoms with Gasteiger partial charge in [-0.1, -0.05) is 80.6 Å². The van der Waals surface area contributed by atoms with Crippen LogP contribution in [0.3, 0.4) is 0 Å².